The van der Waals surface area contributed by atoms with Crippen molar-refractivity contribution in [1.29, 1.82) is 0 Å². The van der Waals surface area contributed by atoms with Gasteiger partial charge in [0, 0.05) is 18.0 Å². The molecule has 0 radical (unpaired) electrons. The summed E-state index contributed by atoms with van der Waals surface area (Å²) in [6.07, 6.45) is 11.6. The molecular formula is C21H35NO. The molecule has 0 aliphatic carbocycles. The van der Waals surface area contributed by atoms with Gasteiger partial charge in [-0.05, 0) is 20.5 Å². The normalized spacial score (nSPS) is 12.5. The summed E-state index contributed by atoms with van der Waals surface area (Å²) in [6.45, 7) is 3.11. The molecule has 0 spiro atoms. The molecule has 0 saturated heterocycles. The van der Waals surface area contributed by atoms with Crippen LogP contribution in [0.25, 0.3) is 0 Å². The van der Waals surface area contributed by atoms with Gasteiger partial charge in [-0.2, -0.15) is 0 Å². The Balaban J connectivity index is 2.33. The number of carbonyl (C=O) groups excluding carboxylic acids is 1. The Labute approximate surface area is 143 Å². The Morgan fingerprint density at radius 3 is 2.04 bits per heavy atom. The molecule has 130 valence electrons. The molecule has 1 aromatic rings. The van der Waals surface area contributed by atoms with Gasteiger partial charge in [0.2, 0.25) is 0 Å². The summed E-state index contributed by atoms with van der Waals surface area (Å²) in [4.78, 5) is 14.8. The Morgan fingerprint density at radius 1 is 0.913 bits per heavy atom. The van der Waals surface area contributed by atoms with Crippen molar-refractivity contribution in [2.45, 2.75) is 64.7 Å². The Hall–Kier alpha value is -1.15. The van der Waals surface area contributed by atoms with Crippen LogP contribution in [0.2, 0.25) is 0 Å². The standard InChI is InChI=1S/C21H35NO/c1-4-5-6-7-8-9-10-12-17-20(18-22(2)3)21(23)19-15-13-11-14-16-19/h11,13-16,20H,4-10,12,17-18H2,1-3H3/t20-/m0/s1. The van der Waals surface area contributed by atoms with E-state index in [0.717, 1.165) is 18.5 Å². The lowest BCUT2D eigenvalue weighted by atomic mass is 9.91. The van der Waals surface area contributed by atoms with Crippen LogP contribution in [0, 0.1) is 5.92 Å². The van der Waals surface area contributed by atoms with E-state index in [9.17, 15) is 4.79 Å². The highest BCUT2D eigenvalue weighted by Crippen LogP contribution is 2.18. The van der Waals surface area contributed by atoms with Gasteiger partial charge < -0.3 is 4.90 Å². The van der Waals surface area contributed by atoms with Gasteiger partial charge in [0.05, 0.1) is 0 Å². The third-order valence-corrected chi connectivity index (χ3v) is 4.42. The molecule has 0 aromatic heterocycles. The van der Waals surface area contributed by atoms with Gasteiger partial charge in [-0.15, -0.1) is 0 Å². The number of Topliss-reactive ketones (excluding diaryl/α,β-unsaturated/α-hetero) is 1. The molecule has 0 aliphatic rings. The number of carbonyl (C=O) groups is 1. The molecule has 1 rings (SSSR count). The van der Waals surface area contributed by atoms with Crippen LogP contribution in [0.15, 0.2) is 30.3 Å². The first-order valence-corrected chi connectivity index (χ1v) is 9.39. The van der Waals surface area contributed by atoms with Gasteiger partial charge >= 0.3 is 0 Å². The van der Waals surface area contributed by atoms with E-state index in [1.54, 1.807) is 0 Å². The average Bonchev–Trinajstić information content (AvgIpc) is 2.56. The van der Waals surface area contributed by atoms with E-state index in [4.69, 9.17) is 0 Å². The van der Waals surface area contributed by atoms with E-state index in [2.05, 4.69) is 25.9 Å². The highest BCUT2D eigenvalue weighted by atomic mass is 16.1. The van der Waals surface area contributed by atoms with E-state index in [0.29, 0.717) is 5.78 Å². The molecule has 23 heavy (non-hydrogen) atoms. The maximum atomic E-state index is 12.7. The van der Waals surface area contributed by atoms with Crippen LogP contribution < -0.4 is 0 Å². The zero-order valence-electron chi connectivity index (χ0n) is 15.4. The van der Waals surface area contributed by atoms with Crippen molar-refractivity contribution in [2.24, 2.45) is 5.92 Å². The molecule has 2 heteroatoms. The molecule has 0 N–H and O–H groups in total. The second-order valence-electron chi connectivity index (χ2n) is 6.95. The van der Waals surface area contributed by atoms with Crippen molar-refractivity contribution in [1.82, 2.24) is 4.90 Å². The van der Waals surface area contributed by atoms with Crippen molar-refractivity contribution < 1.29 is 4.79 Å². The second-order valence-corrected chi connectivity index (χ2v) is 6.95. The summed E-state index contributed by atoms with van der Waals surface area (Å²) in [5.74, 6) is 0.440. The fourth-order valence-corrected chi connectivity index (χ4v) is 3.11. The summed E-state index contributed by atoms with van der Waals surface area (Å²) >= 11 is 0. The van der Waals surface area contributed by atoms with E-state index in [1.807, 2.05) is 30.3 Å². The third-order valence-electron chi connectivity index (χ3n) is 4.42. The van der Waals surface area contributed by atoms with Crippen LogP contribution in [0.3, 0.4) is 0 Å². The van der Waals surface area contributed by atoms with Crippen molar-refractivity contribution >= 4 is 5.78 Å². The first-order chi connectivity index (χ1) is 11.1. The van der Waals surface area contributed by atoms with Crippen LogP contribution in [0.4, 0.5) is 0 Å². The van der Waals surface area contributed by atoms with Crippen LogP contribution in [0.5, 0.6) is 0 Å². The lowest BCUT2D eigenvalue weighted by molar-refractivity contribution is 0.0887. The number of benzene rings is 1. The quantitative estimate of drug-likeness (QED) is 0.350. The number of ketones is 1. The van der Waals surface area contributed by atoms with E-state index in [1.165, 1.54) is 51.4 Å². The monoisotopic (exact) mass is 317 g/mol. The highest BCUT2D eigenvalue weighted by molar-refractivity contribution is 5.97. The van der Waals surface area contributed by atoms with E-state index in [-0.39, 0.29) is 5.92 Å². The van der Waals surface area contributed by atoms with Crippen molar-refractivity contribution in [3.63, 3.8) is 0 Å². The molecule has 0 heterocycles. The van der Waals surface area contributed by atoms with E-state index >= 15 is 0 Å². The minimum atomic E-state index is 0.132. The summed E-state index contributed by atoms with van der Waals surface area (Å²) in [5, 5.41) is 0. The lowest BCUT2D eigenvalue weighted by Gasteiger charge is -2.20. The smallest absolute Gasteiger partial charge is 0.167 e. The Bertz CT molecular complexity index is 413. The topological polar surface area (TPSA) is 20.3 Å². The second kappa shape index (κ2) is 12.3. The molecular weight excluding hydrogens is 282 g/mol. The summed E-state index contributed by atoms with van der Waals surface area (Å²) in [6, 6.07) is 9.76. The highest BCUT2D eigenvalue weighted by Gasteiger charge is 2.20. The van der Waals surface area contributed by atoms with Crippen LogP contribution in [-0.2, 0) is 0 Å². The number of nitrogens with zero attached hydrogens (tertiary/aromatic N) is 1. The molecule has 0 unspecified atom stereocenters. The van der Waals surface area contributed by atoms with Crippen LogP contribution in [-0.4, -0.2) is 31.3 Å². The zero-order chi connectivity index (χ0) is 16.9. The van der Waals surface area contributed by atoms with E-state index < -0.39 is 0 Å². The van der Waals surface area contributed by atoms with Crippen molar-refractivity contribution in [3.8, 4) is 0 Å². The van der Waals surface area contributed by atoms with Gasteiger partial charge in [0.15, 0.2) is 5.78 Å². The minimum absolute atomic E-state index is 0.132. The number of hydrogen-bond donors (Lipinski definition) is 0. The molecule has 0 bridgehead atoms. The largest absolute Gasteiger partial charge is 0.309 e. The Kier molecular flexibility index (Phi) is 10.6. The summed E-state index contributed by atoms with van der Waals surface area (Å²) in [7, 11) is 4.11. The molecule has 0 fully saturated rings. The van der Waals surface area contributed by atoms with Gasteiger partial charge in [0.25, 0.3) is 0 Å². The lowest BCUT2D eigenvalue weighted by Crippen LogP contribution is -2.28. The van der Waals surface area contributed by atoms with Gasteiger partial charge in [0.1, 0.15) is 0 Å². The van der Waals surface area contributed by atoms with Crippen molar-refractivity contribution in [3.05, 3.63) is 35.9 Å². The van der Waals surface area contributed by atoms with Gasteiger partial charge in [-0.3, -0.25) is 4.79 Å². The predicted molar refractivity (Wildman–Crippen MR) is 100 cm³/mol. The van der Waals surface area contributed by atoms with Crippen LogP contribution in [0.1, 0.15) is 75.1 Å². The fourth-order valence-electron chi connectivity index (χ4n) is 3.11. The van der Waals surface area contributed by atoms with Crippen LogP contribution >= 0.6 is 0 Å². The third kappa shape index (κ3) is 8.90. The zero-order valence-corrected chi connectivity index (χ0v) is 15.4. The first kappa shape index (κ1) is 19.9. The molecule has 1 atom stereocenters. The number of hydrogen-bond acceptors (Lipinski definition) is 2. The number of unbranched alkanes of at least 4 members (excludes halogenated alkanes) is 7. The summed E-state index contributed by atoms with van der Waals surface area (Å²) in [5.41, 5.74) is 0.860. The average molecular weight is 318 g/mol. The predicted octanol–water partition coefficient (Wildman–Crippen LogP) is 5.58. The molecule has 0 amide bonds. The van der Waals surface area contributed by atoms with Crippen molar-refractivity contribution in [2.75, 3.05) is 20.6 Å². The van der Waals surface area contributed by atoms with Gasteiger partial charge in [-0.1, -0.05) is 88.6 Å². The molecule has 2 nitrogen and oxygen atoms in total. The molecule has 0 saturated carbocycles. The number of rotatable bonds is 13. The maximum Gasteiger partial charge on any atom is 0.167 e. The first-order valence-electron chi connectivity index (χ1n) is 9.39. The fraction of sp³-hybridized carbons (Fsp3) is 0.667. The summed E-state index contributed by atoms with van der Waals surface area (Å²) < 4.78 is 0. The maximum absolute atomic E-state index is 12.7. The minimum Gasteiger partial charge on any atom is -0.309 e. The molecule has 1 aromatic carbocycles. The SMILES string of the molecule is CCCCCCCCCC[C@@H](CN(C)C)C(=O)c1ccccc1. The molecule has 0 aliphatic heterocycles. The van der Waals surface area contributed by atoms with Gasteiger partial charge in [-0.25, -0.2) is 0 Å². The Morgan fingerprint density at radius 2 is 1.48 bits per heavy atom.